The molecule has 0 bridgehead atoms. The summed E-state index contributed by atoms with van der Waals surface area (Å²) < 4.78 is 3.57. The lowest BCUT2D eigenvalue weighted by Crippen LogP contribution is -2.13. The van der Waals surface area contributed by atoms with Crippen LogP contribution in [0.5, 0.6) is 0 Å². The standard InChI is InChI=1S/C11H9N3O3S/c1-6-2-3-8(7(4-6)11(16)17)13-10(15)9-5-12-14-18-9/h2-5H,1H3,(H,13,15)(H,16,17). The molecule has 0 unspecified atom stereocenters. The molecule has 0 aliphatic carbocycles. The Balaban J connectivity index is 2.29. The number of hydrogen-bond acceptors (Lipinski definition) is 5. The summed E-state index contributed by atoms with van der Waals surface area (Å²) in [6, 6.07) is 4.79. The third kappa shape index (κ3) is 2.51. The number of carbonyl (C=O) groups is 2. The van der Waals surface area contributed by atoms with Crippen molar-refractivity contribution in [3.8, 4) is 0 Å². The molecule has 7 heteroatoms. The van der Waals surface area contributed by atoms with Gasteiger partial charge in [-0.3, -0.25) is 4.79 Å². The molecule has 18 heavy (non-hydrogen) atoms. The van der Waals surface area contributed by atoms with Crippen LogP contribution in [-0.4, -0.2) is 26.6 Å². The molecule has 0 radical (unpaired) electrons. The lowest BCUT2D eigenvalue weighted by Gasteiger charge is -2.07. The summed E-state index contributed by atoms with van der Waals surface area (Å²) in [4.78, 5) is 23.2. The normalized spacial score (nSPS) is 10.1. The number of aromatic nitrogens is 2. The van der Waals surface area contributed by atoms with Crippen molar-refractivity contribution in [2.24, 2.45) is 0 Å². The summed E-state index contributed by atoms with van der Waals surface area (Å²) in [6.07, 6.45) is 1.33. The molecule has 1 heterocycles. The smallest absolute Gasteiger partial charge is 0.337 e. The van der Waals surface area contributed by atoms with Gasteiger partial charge in [-0.05, 0) is 30.6 Å². The maximum Gasteiger partial charge on any atom is 0.337 e. The maximum atomic E-state index is 11.8. The molecule has 0 aliphatic rings. The first-order valence-electron chi connectivity index (χ1n) is 5.00. The van der Waals surface area contributed by atoms with Crippen LogP contribution in [0.4, 0.5) is 5.69 Å². The van der Waals surface area contributed by atoms with Gasteiger partial charge < -0.3 is 10.4 Å². The van der Waals surface area contributed by atoms with E-state index in [1.807, 2.05) is 0 Å². The molecule has 1 aromatic carbocycles. The van der Waals surface area contributed by atoms with Crippen LogP contribution < -0.4 is 5.32 Å². The highest BCUT2D eigenvalue weighted by atomic mass is 32.1. The predicted molar refractivity (Wildman–Crippen MR) is 66.0 cm³/mol. The fourth-order valence-corrected chi connectivity index (χ4v) is 1.81. The lowest BCUT2D eigenvalue weighted by molar-refractivity contribution is 0.0698. The summed E-state index contributed by atoms with van der Waals surface area (Å²) >= 11 is 0.947. The number of carbonyl (C=O) groups excluding carboxylic acids is 1. The minimum Gasteiger partial charge on any atom is -0.478 e. The molecule has 2 N–H and O–H groups in total. The first-order valence-corrected chi connectivity index (χ1v) is 5.78. The van der Waals surface area contributed by atoms with Gasteiger partial charge in [0.2, 0.25) is 0 Å². The quantitative estimate of drug-likeness (QED) is 0.880. The van der Waals surface area contributed by atoms with E-state index in [1.165, 1.54) is 12.3 Å². The van der Waals surface area contributed by atoms with E-state index in [-0.39, 0.29) is 11.3 Å². The Morgan fingerprint density at radius 1 is 1.39 bits per heavy atom. The monoisotopic (exact) mass is 263 g/mol. The molecule has 0 spiro atoms. The number of carboxylic acid groups (broad SMARTS) is 1. The molecule has 0 fully saturated rings. The first-order chi connectivity index (χ1) is 8.58. The van der Waals surface area contributed by atoms with E-state index in [4.69, 9.17) is 5.11 Å². The number of aromatic carboxylic acids is 1. The number of rotatable bonds is 3. The molecule has 6 nitrogen and oxygen atoms in total. The minimum absolute atomic E-state index is 0.0563. The molecule has 2 rings (SSSR count). The van der Waals surface area contributed by atoms with E-state index in [0.717, 1.165) is 17.1 Å². The Morgan fingerprint density at radius 3 is 2.78 bits per heavy atom. The molecule has 1 aromatic heterocycles. The van der Waals surface area contributed by atoms with Crippen molar-refractivity contribution >= 4 is 29.1 Å². The van der Waals surface area contributed by atoms with Crippen molar-refractivity contribution in [3.63, 3.8) is 0 Å². The van der Waals surface area contributed by atoms with Crippen LogP contribution in [0.3, 0.4) is 0 Å². The summed E-state index contributed by atoms with van der Waals surface area (Å²) in [7, 11) is 0. The van der Waals surface area contributed by atoms with Crippen LogP contribution >= 0.6 is 11.5 Å². The Kier molecular flexibility index (Phi) is 3.33. The van der Waals surface area contributed by atoms with Gasteiger partial charge in [0.1, 0.15) is 4.88 Å². The molecular formula is C11H9N3O3S. The van der Waals surface area contributed by atoms with Gasteiger partial charge in [0.05, 0.1) is 17.4 Å². The highest BCUT2D eigenvalue weighted by molar-refractivity contribution is 7.07. The highest BCUT2D eigenvalue weighted by Crippen LogP contribution is 2.18. The number of carboxylic acids is 1. The molecule has 2 aromatic rings. The van der Waals surface area contributed by atoms with E-state index >= 15 is 0 Å². The second kappa shape index (κ2) is 4.92. The van der Waals surface area contributed by atoms with Crippen LogP contribution in [0.2, 0.25) is 0 Å². The third-order valence-electron chi connectivity index (χ3n) is 2.24. The van der Waals surface area contributed by atoms with Gasteiger partial charge in [0.25, 0.3) is 5.91 Å². The molecule has 0 saturated carbocycles. The van der Waals surface area contributed by atoms with Crippen LogP contribution in [0, 0.1) is 6.92 Å². The number of hydrogen-bond donors (Lipinski definition) is 2. The Bertz CT molecular complexity index is 596. The van der Waals surface area contributed by atoms with Crippen LogP contribution in [0.1, 0.15) is 25.6 Å². The Hall–Kier alpha value is -2.28. The average Bonchev–Trinajstić information content (AvgIpc) is 2.84. The fourth-order valence-electron chi connectivity index (χ4n) is 1.40. The molecule has 0 atom stereocenters. The lowest BCUT2D eigenvalue weighted by atomic mass is 10.1. The van der Waals surface area contributed by atoms with Gasteiger partial charge in [-0.1, -0.05) is 16.1 Å². The number of anilines is 1. The molecule has 0 aliphatic heterocycles. The zero-order valence-corrected chi connectivity index (χ0v) is 10.2. The number of nitrogens with zero attached hydrogens (tertiary/aromatic N) is 2. The van der Waals surface area contributed by atoms with Crippen molar-refractivity contribution in [3.05, 3.63) is 40.4 Å². The van der Waals surface area contributed by atoms with Gasteiger partial charge in [-0.25, -0.2) is 4.79 Å². The second-order valence-corrected chi connectivity index (χ2v) is 4.38. The Labute approximate surface area is 106 Å². The number of amides is 1. The van der Waals surface area contributed by atoms with Gasteiger partial charge in [-0.15, -0.1) is 5.10 Å². The van der Waals surface area contributed by atoms with Crippen molar-refractivity contribution in [1.29, 1.82) is 0 Å². The fraction of sp³-hybridized carbons (Fsp3) is 0.0909. The van der Waals surface area contributed by atoms with Crippen LogP contribution in [0.25, 0.3) is 0 Å². The largest absolute Gasteiger partial charge is 0.478 e. The van der Waals surface area contributed by atoms with Gasteiger partial charge in [0.15, 0.2) is 0 Å². The highest BCUT2D eigenvalue weighted by Gasteiger charge is 2.14. The van der Waals surface area contributed by atoms with Crippen molar-refractivity contribution < 1.29 is 14.7 Å². The van der Waals surface area contributed by atoms with Crippen molar-refractivity contribution in [2.75, 3.05) is 5.32 Å². The van der Waals surface area contributed by atoms with Crippen molar-refractivity contribution in [2.45, 2.75) is 6.92 Å². The van der Waals surface area contributed by atoms with E-state index in [2.05, 4.69) is 14.9 Å². The summed E-state index contributed by atoms with van der Waals surface area (Å²) in [5, 5.41) is 15.1. The SMILES string of the molecule is Cc1ccc(NC(=O)c2cnns2)c(C(=O)O)c1. The molecule has 0 saturated heterocycles. The van der Waals surface area contributed by atoms with E-state index in [1.54, 1.807) is 19.1 Å². The van der Waals surface area contributed by atoms with Crippen LogP contribution in [-0.2, 0) is 0 Å². The summed E-state index contributed by atoms with van der Waals surface area (Å²) in [5.74, 6) is -1.51. The summed E-state index contributed by atoms with van der Waals surface area (Å²) in [5.41, 5.74) is 1.12. The van der Waals surface area contributed by atoms with E-state index in [9.17, 15) is 9.59 Å². The number of benzene rings is 1. The van der Waals surface area contributed by atoms with Crippen molar-refractivity contribution in [1.82, 2.24) is 9.59 Å². The summed E-state index contributed by atoms with van der Waals surface area (Å²) in [6.45, 7) is 1.78. The zero-order valence-electron chi connectivity index (χ0n) is 9.38. The minimum atomic E-state index is -1.09. The van der Waals surface area contributed by atoms with Gasteiger partial charge in [-0.2, -0.15) is 0 Å². The Morgan fingerprint density at radius 2 is 2.17 bits per heavy atom. The number of nitrogens with one attached hydrogen (secondary N) is 1. The van der Waals surface area contributed by atoms with Gasteiger partial charge >= 0.3 is 5.97 Å². The molecular weight excluding hydrogens is 254 g/mol. The second-order valence-electron chi connectivity index (χ2n) is 3.59. The maximum absolute atomic E-state index is 11.8. The number of aryl methyl sites for hydroxylation is 1. The third-order valence-corrected chi connectivity index (χ3v) is 2.90. The zero-order chi connectivity index (χ0) is 13.1. The topological polar surface area (TPSA) is 92.2 Å². The van der Waals surface area contributed by atoms with E-state index in [0.29, 0.717) is 4.88 Å². The average molecular weight is 263 g/mol. The van der Waals surface area contributed by atoms with Gasteiger partial charge in [0, 0.05) is 0 Å². The first kappa shape index (κ1) is 12.2. The molecule has 1 amide bonds. The predicted octanol–water partition coefficient (Wildman–Crippen LogP) is 1.80. The van der Waals surface area contributed by atoms with Crippen LogP contribution in [0.15, 0.2) is 24.4 Å². The van der Waals surface area contributed by atoms with E-state index < -0.39 is 11.9 Å². The molecule has 92 valence electrons.